The van der Waals surface area contributed by atoms with Crippen molar-refractivity contribution in [1.29, 1.82) is 0 Å². The minimum atomic E-state index is -1.07. The maximum Gasteiger partial charge on any atom is 0.313 e. The summed E-state index contributed by atoms with van der Waals surface area (Å²) in [6.07, 6.45) is 0. The summed E-state index contributed by atoms with van der Waals surface area (Å²) in [5, 5.41) is 16.0. The van der Waals surface area contributed by atoms with Crippen LogP contribution < -0.4 is 5.73 Å². The third-order valence-electron chi connectivity index (χ3n) is 2.19. The molecule has 0 bridgehead atoms. The lowest BCUT2D eigenvalue weighted by atomic mass is 10.3. The van der Waals surface area contributed by atoms with E-state index < -0.39 is 17.6 Å². The zero-order valence-electron chi connectivity index (χ0n) is 9.68. The van der Waals surface area contributed by atoms with Crippen LogP contribution in [-0.4, -0.2) is 31.6 Å². The Kier molecular flexibility index (Phi) is 4.23. The van der Waals surface area contributed by atoms with E-state index in [0.717, 1.165) is 22.4 Å². The standard InChI is InChI=1S/C10H7BrF2N4O2S/c11-5-1-4(12)2-6(13)8(5)17-9(14)15-16-10(17)20-3-7(18)19/h1-2H,3H2,(H2,14,15)(H,18,19). The Morgan fingerprint density at radius 1 is 1.45 bits per heavy atom. The molecule has 6 nitrogen and oxygen atoms in total. The molecule has 0 atom stereocenters. The molecule has 1 aromatic heterocycles. The number of anilines is 1. The number of benzene rings is 1. The van der Waals surface area contributed by atoms with Crippen LogP contribution in [0.25, 0.3) is 5.69 Å². The van der Waals surface area contributed by atoms with Crippen molar-refractivity contribution in [1.82, 2.24) is 14.8 Å². The van der Waals surface area contributed by atoms with Crippen molar-refractivity contribution in [3.63, 3.8) is 0 Å². The predicted octanol–water partition coefficient (Wildman–Crippen LogP) is 2.07. The number of nitrogens with zero attached hydrogens (tertiary/aromatic N) is 3. The molecule has 0 fully saturated rings. The second-order valence-corrected chi connectivity index (χ2v) is 5.37. The molecule has 0 radical (unpaired) electrons. The molecule has 2 aromatic rings. The molecule has 0 saturated carbocycles. The molecule has 20 heavy (non-hydrogen) atoms. The van der Waals surface area contributed by atoms with Crippen molar-refractivity contribution in [2.24, 2.45) is 0 Å². The smallest absolute Gasteiger partial charge is 0.313 e. The van der Waals surface area contributed by atoms with Crippen LogP contribution in [0.5, 0.6) is 0 Å². The molecule has 0 spiro atoms. The second kappa shape index (κ2) is 5.75. The summed E-state index contributed by atoms with van der Waals surface area (Å²) in [4.78, 5) is 10.6. The van der Waals surface area contributed by atoms with E-state index in [-0.39, 0.29) is 27.0 Å². The fourth-order valence-corrected chi connectivity index (χ4v) is 2.71. The third-order valence-corrected chi connectivity index (χ3v) is 3.71. The van der Waals surface area contributed by atoms with Gasteiger partial charge in [0.25, 0.3) is 0 Å². The van der Waals surface area contributed by atoms with Gasteiger partial charge in [-0.15, -0.1) is 10.2 Å². The van der Waals surface area contributed by atoms with E-state index in [1.165, 1.54) is 0 Å². The van der Waals surface area contributed by atoms with Crippen molar-refractivity contribution in [2.45, 2.75) is 5.16 Å². The Hall–Kier alpha value is -1.68. The van der Waals surface area contributed by atoms with Gasteiger partial charge in [0.15, 0.2) is 11.0 Å². The number of carboxylic acids is 1. The number of halogens is 3. The number of carboxylic acid groups (broad SMARTS) is 1. The number of thioether (sulfide) groups is 1. The van der Waals surface area contributed by atoms with Crippen molar-refractivity contribution >= 4 is 39.6 Å². The minimum absolute atomic E-state index is 0.0817. The number of rotatable bonds is 4. The Labute approximate surface area is 124 Å². The van der Waals surface area contributed by atoms with E-state index in [4.69, 9.17) is 10.8 Å². The van der Waals surface area contributed by atoms with Crippen LogP contribution in [0.15, 0.2) is 21.8 Å². The van der Waals surface area contributed by atoms with Gasteiger partial charge >= 0.3 is 5.97 Å². The number of aromatic nitrogens is 3. The SMILES string of the molecule is Nc1nnc(SCC(=O)O)n1-c1c(F)cc(F)cc1Br. The second-order valence-electron chi connectivity index (χ2n) is 3.58. The van der Waals surface area contributed by atoms with Crippen LogP contribution >= 0.6 is 27.7 Å². The zero-order chi connectivity index (χ0) is 14.9. The lowest BCUT2D eigenvalue weighted by molar-refractivity contribution is -0.133. The van der Waals surface area contributed by atoms with Crippen molar-refractivity contribution in [2.75, 3.05) is 11.5 Å². The molecular formula is C10H7BrF2N4O2S. The van der Waals surface area contributed by atoms with Gasteiger partial charge in [-0.1, -0.05) is 11.8 Å². The van der Waals surface area contributed by atoms with Gasteiger partial charge in [-0.25, -0.2) is 8.78 Å². The van der Waals surface area contributed by atoms with Gasteiger partial charge in [0.1, 0.15) is 11.5 Å². The summed E-state index contributed by atoms with van der Waals surface area (Å²) in [5.41, 5.74) is 5.52. The molecule has 0 aliphatic rings. The summed E-state index contributed by atoms with van der Waals surface area (Å²) < 4.78 is 28.2. The van der Waals surface area contributed by atoms with Crippen LogP contribution in [-0.2, 0) is 4.79 Å². The van der Waals surface area contributed by atoms with Crippen molar-refractivity contribution in [3.8, 4) is 5.69 Å². The van der Waals surface area contributed by atoms with E-state index in [9.17, 15) is 13.6 Å². The molecule has 0 unspecified atom stereocenters. The largest absolute Gasteiger partial charge is 0.481 e. The Morgan fingerprint density at radius 2 is 2.15 bits per heavy atom. The van der Waals surface area contributed by atoms with Gasteiger partial charge in [0.2, 0.25) is 5.95 Å². The summed E-state index contributed by atoms with van der Waals surface area (Å²) in [5.74, 6) is -3.13. The molecule has 3 N–H and O–H groups in total. The molecule has 1 heterocycles. The predicted molar refractivity (Wildman–Crippen MR) is 71.7 cm³/mol. The fourth-order valence-electron chi connectivity index (χ4n) is 1.46. The highest BCUT2D eigenvalue weighted by atomic mass is 79.9. The first-order valence-corrected chi connectivity index (χ1v) is 6.88. The molecule has 0 amide bonds. The molecule has 1 aromatic carbocycles. The van der Waals surface area contributed by atoms with Gasteiger partial charge in [-0.3, -0.25) is 9.36 Å². The molecule has 0 aliphatic carbocycles. The van der Waals surface area contributed by atoms with E-state index in [1.54, 1.807) is 0 Å². The number of hydrogen-bond donors (Lipinski definition) is 2. The van der Waals surface area contributed by atoms with Gasteiger partial charge in [0.05, 0.1) is 5.75 Å². The van der Waals surface area contributed by atoms with Gasteiger partial charge in [0, 0.05) is 10.5 Å². The first-order valence-electron chi connectivity index (χ1n) is 5.10. The van der Waals surface area contributed by atoms with Crippen LogP contribution in [0.1, 0.15) is 0 Å². The average Bonchev–Trinajstić information content (AvgIpc) is 2.67. The van der Waals surface area contributed by atoms with Gasteiger partial charge in [-0.05, 0) is 22.0 Å². The Morgan fingerprint density at radius 3 is 2.75 bits per heavy atom. The monoisotopic (exact) mass is 364 g/mol. The molecule has 0 saturated heterocycles. The number of hydrogen-bond acceptors (Lipinski definition) is 5. The van der Waals surface area contributed by atoms with E-state index in [2.05, 4.69) is 26.1 Å². The Bertz CT molecular complexity index is 656. The zero-order valence-corrected chi connectivity index (χ0v) is 12.1. The lowest BCUT2D eigenvalue weighted by Crippen LogP contribution is -2.07. The normalized spacial score (nSPS) is 10.8. The quantitative estimate of drug-likeness (QED) is 0.806. The average molecular weight is 365 g/mol. The van der Waals surface area contributed by atoms with Crippen LogP contribution in [0, 0.1) is 11.6 Å². The summed E-state index contributed by atoms with van der Waals surface area (Å²) >= 11 is 3.85. The summed E-state index contributed by atoms with van der Waals surface area (Å²) in [6, 6.07) is 1.74. The number of nitrogen functional groups attached to an aromatic ring is 1. The molecular weight excluding hydrogens is 358 g/mol. The highest BCUT2D eigenvalue weighted by Crippen LogP contribution is 2.31. The molecule has 2 rings (SSSR count). The first kappa shape index (κ1) is 14.7. The van der Waals surface area contributed by atoms with Crippen molar-refractivity contribution < 1.29 is 18.7 Å². The molecule has 106 valence electrons. The maximum absolute atomic E-state index is 13.9. The van der Waals surface area contributed by atoms with E-state index in [1.807, 2.05) is 0 Å². The molecule has 0 aliphatic heterocycles. The van der Waals surface area contributed by atoms with E-state index >= 15 is 0 Å². The third kappa shape index (κ3) is 2.90. The molecule has 10 heteroatoms. The summed E-state index contributed by atoms with van der Waals surface area (Å²) in [7, 11) is 0. The maximum atomic E-state index is 13.9. The Balaban J connectivity index is 2.52. The first-order chi connectivity index (χ1) is 9.40. The van der Waals surface area contributed by atoms with Crippen molar-refractivity contribution in [3.05, 3.63) is 28.2 Å². The number of nitrogens with two attached hydrogens (primary N) is 1. The number of carbonyl (C=O) groups is 1. The minimum Gasteiger partial charge on any atom is -0.481 e. The lowest BCUT2D eigenvalue weighted by Gasteiger charge is -2.10. The summed E-state index contributed by atoms with van der Waals surface area (Å²) in [6.45, 7) is 0. The van der Waals surface area contributed by atoms with Crippen LogP contribution in [0.3, 0.4) is 0 Å². The van der Waals surface area contributed by atoms with E-state index in [0.29, 0.717) is 6.07 Å². The fraction of sp³-hybridized carbons (Fsp3) is 0.100. The van der Waals surface area contributed by atoms with Crippen LogP contribution in [0.2, 0.25) is 0 Å². The number of aliphatic carboxylic acids is 1. The topological polar surface area (TPSA) is 94.0 Å². The van der Waals surface area contributed by atoms with Gasteiger partial charge in [-0.2, -0.15) is 0 Å². The van der Waals surface area contributed by atoms with Gasteiger partial charge < -0.3 is 10.8 Å². The highest BCUT2D eigenvalue weighted by molar-refractivity contribution is 9.10. The van der Waals surface area contributed by atoms with Crippen LogP contribution in [0.4, 0.5) is 14.7 Å². The highest BCUT2D eigenvalue weighted by Gasteiger charge is 2.20.